The van der Waals surface area contributed by atoms with E-state index < -0.39 is 0 Å². The second-order valence-electron chi connectivity index (χ2n) is 31.9. The minimum Gasteiger partial charge on any atom is -0.395 e. The molecule has 0 amide bonds. The molecule has 0 saturated carbocycles. The number of hydrogen-bond acceptors (Lipinski definition) is 25. The highest BCUT2D eigenvalue weighted by Crippen LogP contribution is 2.26. The van der Waals surface area contributed by atoms with Crippen LogP contribution in [0, 0.1) is 0 Å². The summed E-state index contributed by atoms with van der Waals surface area (Å²) in [5, 5.41) is 85.7. The lowest BCUT2D eigenvalue weighted by atomic mass is 10.1. The third-order valence-electron chi connectivity index (χ3n) is 24.1. The first-order chi connectivity index (χ1) is 44.9. The van der Waals surface area contributed by atoms with E-state index >= 15 is 0 Å². The fraction of sp³-hybridized carbons (Fsp3) is 1.00. The number of aliphatic hydroxyl groups is 9. The molecular weight excluding hydrogens is 1200 g/mol. The number of hydrogen-bond donors (Lipinski definition) is 9. The quantitative estimate of drug-likeness (QED) is 0.131. The molecule has 24 fully saturated rings. The van der Waals surface area contributed by atoms with Gasteiger partial charge in [-0.1, -0.05) is 13.8 Å². The second kappa shape index (κ2) is 36.7. The third kappa shape index (κ3) is 22.0. The van der Waals surface area contributed by atoms with Gasteiger partial charge in [0.1, 0.15) is 0 Å². The summed E-state index contributed by atoms with van der Waals surface area (Å²) in [7, 11) is 0. The van der Waals surface area contributed by atoms with Crippen LogP contribution in [-0.4, -0.2) is 488 Å². The highest BCUT2D eigenvalue weighted by molar-refractivity contribution is 4.97. The van der Waals surface area contributed by atoms with E-state index in [-0.39, 0.29) is 61.5 Å². The van der Waals surface area contributed by atoms with Gasteiger partial charge in [-0.3, -0.25) is 78.4 Å². The Bertz CT molecular complexity index is 2050. The van der Waals surface area contributed by atoms with Gasteiger partial charge in [-0.05, 0) is 68.2 Å². The van der Waals surface area contributed by atoms with Gasteiger partial charge in [0.25, 0.3) is 0 Å². The molecule has 24 heterocycles. The van der Waals surface area contributed by atoms with Crippen LogP contribution in [0.4, 0.5) is 0 Å². The number of piperazine rings is 8. The van der Waals surface area contributed by atoms with Gasteiger partial charge in [0, 0.05) is 309 Å². The highest BCUT2D eigenvalue weighted by atomic mass is 16.3. The maximum Gasteiger partial charge on any atom is 0.0794 e. The van der Waals surface area contributed by atoms with Gasteiger partial charge >= 0.3 is 0 Å². The first kappa shape index (κ1) is 77.2. The fourth-order valence-corrected chi connectivity index (χ4v) is 18.5. The van der Waals surface area contributed by atoms with Crippen LogP contribution < -0.4 is 0 Å². The topological polar surface area (TPSA) is 234 Å². The Morgan fingerprint density at radius 3 is 0.957 bits per heavy atom. The molecule has 24 aliphatic heterocycles. The summed E-state index contributed by atoms with van der Waals surface area (Å²) >= 11 is 0. The van der Waals surface area contributed by atoms with Crippen molar-refractivity contribution in [2.45, 2.75) is 197 Å². The molecule has 548 valence electrons. The van der Waals surface area contributed by atoms with Crippen molar-refractivity contribution >= 4 is 0 Å². The molecule has 25 heteroatoms. The van der Waals surface area contributed by atoms with E-state index in [1.54, 1.807) is 0 Å². The zero-order valence-electron chi connectivity index (χ0n) is 60.4. The fourth-order valence-electron chi connectivity index (χ4n) is 18.5. The number of rotatable bonds is 3. The molecule has 24 aliphatic rings. The Morgan fingerprint density at radius 1 is 0.223 bits per heavy atom. The summed E-state index contributed by atoms with van der Waals surface area (Å²) in [4.78, 5) is 38.0. The maximum absolute atomic E-state index is 9.72. The number of fused-ring (bicyclic) bond motifs is 32. The Kier molecular flexibility index (Phi) is 30.2. The zero-order valence-corrected chi connectivity index (χ0v) is 60.4. The van der Waals surface area contributed by atoms with Gasteiger partial charge in [0.05, 0.1) is 55.4 Å². The summed E-state index contributed by atoms with van der Waals surface area (Å²) in [6.45, 7) is 59.8. The lowest BCUT2D eigenvalue weighted by molar-refractivity contribution is 0.0660. The van der Waals surface area contributed by atoms with Crippen molar-refractivity contribution in [1.82, 2.24) is 78.4 Å². The van der Waals surface area contributed by atoms with Gasteiger partial charge in [-0.25, -0.2) is 0 Å². The Hall–Kier alpha value is -1.00. The number of aliphatic hydroxyl groups excluding tert-OH is 9. The molecule has 28 atom stereocenters. The smallest absolute Gasteiger partial charge is 0.0794 e. The van der Waals surface area contributed by atoms with Crippen molar-refractivity contribution in [2.24, 2.45) is 0 Å². The molecule has 9 N–H and O–H groups in total. The van der Waals surface area contributed by atoms with Crippen LogP contribution in [0.5, 0.6) is 0 Å². The van der Waals surface area contributed by atoms with Crippen LogP contribution in [0.2, 0.25) is 0 Å². The lowest BCUT2D eigenvalue weighted by Gasteiger charge is -2.41. The van der Waals surface area contributed by atoms with Crippen molar-refractivity contribution < 1.29 is 46.0 Å². The van der Waals surface area contributed by atoms with Crippen LogP contribution >= 0.6 is 0 Å². The molecule has 0 spiro atoms. The van der Waals surface area contributed by atoms with Crippen LogP contribution in [0.25, 0.3) is 0 Å². The van der Waals surface area contributed by atoms with Crippen LogP contribution in [0.1, 0.15) is 82.1 Å². The average molecular weight is 1340 g/mol. The Labute approximate surface area is 568 Å². The third-order valence-corrected chi connectivity index (χ3v) is 24.1. The van der Waals surface area contributed by atoms with Gasteiger partial charge in [0.15, 0.2) is 0 Å². The van der Waals surface area contributed by atoms with Crippen molar-refractivity contribution in [3.05, 3.63) is 0 Å². The largest absolute Gasteiger partial charge is 0.395 e. The molecule has 0 aromatic carbocycles. The van der Waals surface area contributed by atoms with Crippen molar-refractivity contribution in [3.63, 3.8) is 0 Å². The molecule has 0 aliphatic carbocycles. The summed E-state index contributed by atoms with van der Waals surface area (Å²) in [6, 6.07) is 6.57. The van der Waals surface area contributed by atoms with E-state index in [0.29, 0.717) is 60.4 Å². The van der Waals surface area contributed by atoms with Gasteiger partial charge in [0.2, 0.25) is 0 Å². The van der Waals surface area contributed by atoms with E-state index in [1.807, 2.05) is 0 Å². The number of nitrogens with zero attached hydrogens (tertiary/aromatic N) is 16. The van der Waals surface area contributed by atoms with Crippen molar-refractivity contribution in [1.29, 1.82) is 0 Å². The minimum absolute atomic E-state index is 0.106. The Balaban J connectivity index is 0.000000127. The van der Waals surface area contributed by atoms with Crippen molar-refractivity contribution in [3.8, 4) is 0 Å². The van der Waals surface area contributed by atoms with E-state index in [9.17, 15) is 40.9 Å². The molecule has 28 unspecified atom stereocenters. The molecule has 24 saturated heterocycles. The highest BCUT2D eigenvalue weighted by Gasteiger charge is 2.41. The van der Waals surface area contributed by atoms with Gasteiger partial charge < -0.3 is 46.0 Å². The van der Waals surface area contributed by atoms with Gasteiger partial charge in [-0.2, -0.15) is 0 Å². The molecule has 0 aromatic rings. The van der Waals surface area contributed by atoms with E-state index in [0.717, 1.165) is 242 Å². The predicted octanol–water partition coefficient (Wildman–Crippen LogP) is -4.15. The molecular formula is C69H138N16O9. The standard InChI is InChI=1S/C10H20N2O.4C9H18N2O.C8H16N2O2.C8H16N2O.C7H14N2O/c1-3-9-5-11-6-10(13)7-12(9)4-8(11)2;1-7-3-11-6-9(12)5-10(7)4-8(11)2;1-7-3-10-4-8(2)11(7)6-9(12)5-10;1-7-8(2)11-4-3-10(7)5-9(12)6-11;1-2-8-5-10-3-4-11(8)7-9(12)6-10;11-6-7-3-9-1-2-10(7)5-8(12)4-9;1-7-4-9-2-3-10(7)6-8(11)5-9;10-7-5-8-1-2-9(6-7)4-3-8/h8-10,13H,3-7H2,1-2H3;3*7-9,12H,3-6H2,1-2H3;8-9,12H,2-7H2,1H3;7-8,11-12H,1-6H2;7-8,11H,2-6H2,1H3;7,10H,1-6H2. The van der Waals surface area contributed by atoms with E-state index in [4.69, 9.17) is 5.11 Å². The van der Waals surface area contributed by atoms with Crippen LogP contribution in [0.3, 0.4) is 0 Å². The molecule has 0 aromatic heterocycles. The molecule has 16 bridgehead atoms. The SMILES string of the molecule is CC1C(C)N2CCN1CC(O)C2.CC1CN2CC(O)CN1C(C)C2.CC1CN2CC(O)CN1CC2C.CC1CN2CCN1CC(O)C2.CCC1CN2CC(O)CN1CC2C.CCC1CN2CCN1CC(O)C2.OC1CN2CCN(CC2)C1.OCC1CN2CCN1CC(O)C2. The van der Waals surface area contributed by atoms with Gasteiger partial charge in [-0.15, -0.1) is 0 Å². The average Bonchev–Trinajstić information content (AvgIpc) is 1.73. The first-order valence-electron chi connectivity index (χ1n) is 37.7. The summed E-state index contributed by atoms with van der Waals surface area (Å²) in [5.74, 6) is 0. The van der Waals surface area contributed by atoms with Crippen molar-refractivity contribution in [2.75, 3.05) is 249 Å². The van der Waals surface area contributed by atoms with E-state index in [1.165, 1.54) is 12.8 Å². The normalized spacial score (nSPS) is 50.6. The summed E-state index contributed by atoms with van der Waals surface area (Å²) < 4.78 is 0. The van der Waals surface area contributed by atoms with Crippen LogP contribution in [-0.2, 0) is 0 Å². The molecule has 24 rings (SSSR count). The van der Waals surface area contributed by atoms with Crippen LogP contribution in [0.15, 0.2) is 0 Å². The zero-order chi connectivity index (χ0) is 67.5. The second-order valence-corrected chi connectivity index (χ2v) is 31.9. The van der Waals surface area contributed by atoms with E-state index in [2.05, 4.69) is 148 Å². The first-order valence-corrected chi connectivity index (χ1v) is 37.7. The summed E-state index contributed by atoms with van der Waals surface area (Å²) in [6.07, 6.45) is 1.28. The monoisotopic (exact) mass is 1340 g/mol. The minimum atomic E-state index is -0.232. The molecule has 94 heavy (non-hydrogen) atoms. The molecule has 25 nitrogen and oxygen atoms in total. The predicted molar refractivity (Wildman–Crippen MR) is 372 cm³/mol. The lowest BCUT2D eigenvalue weighted by Crippen LogP contribution is -2.54. The maximum atomic E-state index is 9.72. The Morgan fingerprint density at radius 2 is 0.500 bits per heavy atom. The molecule has 0 radical (unpaired) electrons. The summed E-state index contributed by atoms with van der Waals surface area (Å²) in [5.41, 5.74) is 0.